The van der Waals surface area contributed by atoms with Crippen LogP contribution in [0.15, 0.2) is 66.9 Å². The predicted molar refractivity (Wildman–Crippen MR) is 129 cm³/mol. The van der Waals surface area contributed by atoms with Crippen molar-refractivity contribution in [2.75, 3.05) is 20.8 Å². The SMILES string of the molecule is COc1ccc2cc(CN(C)C(=O)COC(=O)CCCc3c[nH]c4ccccc34)ccc2c1. The lowest BCUT2D eigenvalue weighted by Gasteiger charge is -2.17. The minimum Gasteiger partial charge on any atom is -0.497 e. The van der Waals surface area contributed by atoms with Crippen LogP contribution >= 0.6 is 0 Å². The molecule has 0 atom stereocenters. The number of carbonyl (C=O) groups excluding carboxylic acids is 2. The molecule has 1 heterocycles. The fraction of sp³-hybridized carbons (Fsp3) is 0.259. The summed E-state index contributed by atoms with van der Waals surface area (Å²) in [5.41, 5.74) is 3.28. The summed E-state index contributed by atoms with van der Waals surface area (Å²) in [5, 5.41) is 3.33. The topological polar surface area (TPSA) is 71.6 Å². The Kier molecular flexibility index (Phi) is 6.93. The maximum atomic E-state index is 12.4. The number of amides is 1. The minimum atomic E-state index is -0.351. The normalized spacial score (nSPS) is 11.0. The van der Waals surface area contributed by atoms with E-state index in [9.17, 15) is 9.59 Å². The Bertz CT molecular complexity index is 1280. The highest BCUT2D eigenvalue weighted by atomic mass is 16.5. The number of para-hydroxylation sites is 1. The molecule has 0 saturated carbocycles. The molecule has 1 aromatic heterocycles. The van der Waals surface area contributed by atoms with Crippen LogP contribution in [0.25, 0.3) is 21.7 Å². The quantitative estimate of drug-likeness (QED) is 0.375. The number of methoxy groups -OCH3 is 1. The van der Waals surface area contributed by atoms with Crippen molar-refractivity contribution >= 4 is 33.6 Å². The molecule has 0 radical (unpaired) electrons. The van der Waals surface area contributed by atoms with E-state index in [0.717, 1.165) is 34.0 Å². The van der Waals surface area contributed by atoms with E-state index >= 15 is 0 Å². The number of hydrogen-bond acceptors (Lipinski definition) is 4. The Balaban J connectivity index is 1.22. The summed E-state index contributed by atoms with van der Waals surface area (Å²) in [4.78, 5) is 29.4. The molecule has 1 amide bonds. The van der Waals surface area contributed by atoms with Crippen molar-refractivity contribution in [2.24, 2.45) is 0 Å². The first-order chi connectivity index (χ1) is 16.0. The van der Waals surface area contributed by atoms with Crippen molar-refractivity contribution in [1.82, 2.24) is 9.88 Å². The van der Waals surface area contributed by atoms with Gasteiger partial charge in [-0.1, -0.05) is 36.4 Å². The third-order valence-corrected chi connectivity index (χ3v) is 5.82. The number of ether oxygens (including phenoxy) is 2. The Morgan fingerprint density at radius 3 is 2.64 bits per heavy atom. The Hall–Kier alpha value is -3.80. The van der Waals surface area contributed by atoms with Crippen LogP contribution < -0.4 is 4.74 Å². The monoisotopic (exact) mass is 444 g/mol. The number of nitrogens with one attached hydrogen (secondary N) is 1. The first-order valence-corrected chi connectivity index (χ1v) is 11.0. The van der Waals surface area contributed by atoms with Crippen LogP contribution in [0.5, 0.6) is 5.75 Å². The molecule has 0 bridgehead atoms. The molecule has 4 aromatic rings. The van der Waals surface area contributed by atoms with Crippen molar-refractivity contribution in [3.05, 3.63) is 78.0 Å². The Labute approximate surface area is 193 Å². The van der Waals surface area contributed by atoms with E-state index < -0.39 is 0 Å². The number of carbonyl (C=O) groups is 2. The molecular formula is C27H28N2O4. The third-order valence-electron chi connectivity index (χ3n) is 5.82. The lowest BCUT2D eigenvalue weighted by molar-refractivity contribution is -0.151. The number of aryl methyl sites for hydroxylation is 1. The predicted octanol–water partition coefficient (Wildman–Crippen LogP) is 4.85. The molecule has 6 heteroatoms. The van der Waals surface area contributed by atoms with E-state index in [-0.39, 0.29) is 24.9 Å². The van der Waals surface area contributed by atoms with Gasteiger partial charge >= 0.3 is 5.97 Å². The van der Waals surface area contributed by atoms with E-state index in [1.807, 2.05) is 54.7 Å². The van der Waals surface area contributed by atoms with Gasteiger partial charge in [0.15, 0.2) is 6.61 Å². The number of fused-ring (bicyclic) bond motifs is 2. The van der Waals surface area contributed by atoms with Gasteiger partial charge in [-0.05, 0) is 59.0 Å². The average Bonchev–Trinajstić information content (AvgIpc) is 3.25. The second-order valence-corrected chi connectivity index (χ2v) is 8.17. The van der Waals surface area contributed by atoms with E-state index in [4.69, 9.17) is 9.47 Å². The maximum Gasteiger partial charge on any atom is 0.306 e. The van der Waals surface area contributed by atoms with Gasteiger partial charge in [0.2, 0.25) is 0 Å². The Morgan fingerprint density at radius 1 is 1.00 bits per heavy atom. The summed E-state index contributed by atoms with van der Waals surface area (Å²) in [7, 11) is 3.36. The van der Waals surface area contributed by atoms with Gasteiger partial charge in [-0.15, -0.1) is 0 Å². The lowest BCUT2D eigenvalue weighted by atomic mass is 10.1. The summed E-state index contributed by atoms with van der Waals surface area (Å²) >= 11 is 0. The number of rotatable bonds is 9. The van der Waals surface area contributed by atoms with Crippen LogP contribution in [0, 0.1) is 0 Å². The van der Waals surface area contributed by atoms with Gasteiger partial charge < -0.3 is 19.4 Å². The molecule has 4 rings (SSSR count). The molecule has 0 spiro atoms. The van der Waals surface area contributed by atoms with Crippen LogP contribution in [0.2, 0.25) is 0 Å². The summed E-state index contributed by atoms with van der Waals surface area (Å²) < 4.78 is 10.5. The fourth-order valence-electron chi connectivity index (χ4n) is 3.95. The molecule has 0 aliphatic heterocycles. The smallest absolute Gasteiger partial charge is 0.306 e. The Morgan fingerprint density at radius 2 is 1.79 bits per heavy atom. The van der Waals surface area contributed by atoms with Crippen molar-refractivity contribution in [1.29, 1.82) is 0 Å². The van der Waals surface area contributed by atoms with Gasteiger partial charge in [0.1, 0.15) is 5.75 Å². The molecule has 33 heavy (non-hydrogen) atoms. The third kappa shape index (κ3) is 5.52. The van der Waals surface area contributed by atoms with Crippen LogP contribution in [0.4, 0.5) is 0 Å². The zero-order chi connectivity index (χ0) is 23.2. The second-order valence-electron chi connectivity index (χ2n) is 8.17. The van der Waals surface area contributed by atoms with Crippen LogP contribution in [0.3, 0.4) is 0 Å². The van der Waals surface area contributed by atoms with E-state index in [1.165, 1.54) is 10.9 Å². The molecule has 0 unspecified atom stereocenters. The number of esters is 1. The standard InChI is InChI=1S/C27H28N2O4/c1-29(17-19-10-11-21-15-23(32-2)13-12-20(21)14-19)26(30)18-33-27(31)9-5-6-22-16-28-25-8-4-3-7-24(22)25/h3-4,7-8,10-16,28H,5-6,9,17-18H2,1-2H3. The zero-order valence-corrected chi connectivity index (χ0v) is 19.0. The van der Waals surface area contributed by atoms with Crippen LogP contribution in [-0.2, 0) is 27.3 Å². The number of H-pyrrole nitrogens is 1. The number of likely N-dealkylation sites (N-methyl/N-ethyl adjacent to an activating group) is 1. The van der Waals surface area contributed by atoms with E-state index in [1.54, 1.807) is 19.1 Å². The first-order valence-electron chi connectivity index (χ1n) is 11.0. The van der Waals surface area contributed by atoms with Crippen molar-refractivity contribution in [2.45, 2.75) is 25.8 Å². The molecule has 3 aromatic carbocycles. The highest BCUT2D eigenvalue weighted by Crippen LogP contribution is 2.22. The molecular weight excluding hydrogens is 416 g/mol. The van der Waals surface area contributed by atoms with E-state index in [2.05, 4.69) is 17.1 Å². The van der Waals surface area contributed by atoms with Gasteiger partial charge in [-0.3, -0.25) is 9.59 Å². The van der Waals surface area contributed by atoms with Crippen LogP contribution in [0.1, 0.15) is 24.0 Å². The second kappa shape index (κ2) is 10.2. The highest BCUT2D eigenvalue weighted by Gasteiger charge is 2.13. The molecule has 0 saturated heterocycles. The zero-order valence-electron chi connectivity index (χ0n) is 19.0. The molecule has 0 aliphatic rings. The molecule has 1 N–H and O–H groups in total. The van der Waals surface area contributed by atoms with Gasteiger partial charge in [-0.2, -0.15) is 0 Å². The number of aromatic nitrogens is 1. The highest BCUT2D eigenvalue weighted by molar-refractivity contribution is 5.85. The minimum absolute atomic E-state index is 0.227. The van der Waals surface area contributed by atoms with Crippen molar-refractivity contribution < 1.29 is 19.1 Å². The first kappa shape index (κ1) is 22.4. The average molecular weight is 445 g/mol. The maximum absolute atomic E-state index is 12.4. The van der Waals surface area contributed by atoms with Gasteiger partial charge in [0, 0.05) is 37.1 Å². The van der Waals surface area contributed by atoms with Crippen molar-refractivity contribution in [3.8, 4) is 5.75 Å². The summed E-state index contributed by atoms with van der Waals surface area (Å²) in [6.45, 7) is 0.201. The summed E-state index contributed by atoms with van der Waals surface area (Å²) in [5.74, 6) is 0.233. The number of nitrogens with zero attached hydrogens (tertiary/aromatic N) is 1. The fourth-order valence-corrected chi connectivity index (χ4v) is 3.95. The largest absolute Gasteiger partial charge is 0.497 e. The molecule has 6 nitrogen and oxygen atoms in total. The summed E-state index contributed by atoms with van der Waals surface area (Å²) in [6.07, 6.45) is 3.72. The summed E-state index contributed by atoms with van der Waals surface area (Å²) in [6, 6.07) is 20.0. The van der Waals surface area contributed by atoms with Gasteiger partial charge in [0.25, 0.3) is 5.91 Å². The molecule has 0 fully saturated rings. The molecule has 0 aliphatic carbocycles. The van der Waals surface area contributed by atoms with Gasteiger partial charge in [-0.25, -0.2) is 0 Å². The lowest BCUT2D eigenvalue weighted by Crippen LogP contribution is -2.30. The van der Waals surface area contributed by atoms with Crippen LogP contribution in [-0.4, -0.2) is 42.5 Å². The number of benzene rings is 3. The molecule has 170 valence electrons. The van der Waals surface area contributed by atoms with Crippen molar-refractivity contribution in [3.63, 3.8) is 0 Å². The van der Waals surface area contributed by atoms with E-state index in [0.29, 0.717) is 13.0 Å². The van der Waals surface area contributed by atoms with Gasteiger partial charge in [0.05, 0.1) is 7.11 Å². The number of hydrogen-bond donors (Lipinski definition) is 1. The number of aromatic amines is 1.